The van der Waals surface area contributed by atoms with Gasteiger partial charge in [0.25, 0.3) is 0 Å². The lowest BCUT2D eigenvalue weighted by molar-refractivity contribution is -0.141. The number of unbranched alkanes of at least 4 members (excludes halogenated alkanes) is 2. The van der Waals surface area contributed by atoms with Crippen molar-refractivity contribution in [3.63, 3.8) is 0 Å². The lowest BCUT2D eigenvalue weighted by Crippen LogP contribution is -2.29. The first-order valence-corrected chi connectivity index (χ1v) is 7.23. The summed E-state index contributed by atoms with van der Waals surface area (Å²) in [6.45, 7) is 7.19. The Morgan fingerprint density at radius 1 is 1.17 bits per heavy atom. The average Bonchev–Trinajstić information content (AvgIpc) is 2.35. The van der Waals surface area contributed by atoms with E-state index in [1.54, 1.807) is 0 Å². The lowest BCUT2D eigenvalue weighted by Gasteiger charge is -2.13. The quantitative estimate of drug-likeness (QED) is 0.499. The van der Waals surface area contributed by atoms with Crippen molar-refractivity contribution in [3.05, 3.63) is 0 Å². The molecule has 0 aromatic carbocycles. The molecule has 0 aliphatic rings. The molecule has 0 rings (SSSR count). The second-order valence-electron chi connectivity index (χ2n) is 4.70. The van der Waals surface area contributed by atoms with Gasteiger partial charge in [-0.05, 0) is 32.2 Å². The first-order valence-electron chi connectivity index (χ1n) is 7.23. The van der Waals surface area contributed by atoms with E-state index in [0.29, 0.717) is 19.6 Å². The van der Waals surface area contributed by atoms with Crippen molar-refractivity contribution < 1.29 is 14.6 Å². The van der Waals surface area contributed by atoms with Crippen molar-refractivity contribution in [1.82, 2.24) is 5.32 Å². The molecule has 0 fully saturated rings. The number of ether oxygens (including phenoxy) is 1. The summed E-state index contributed by atoms with van der Waals surface area (Å²) in [4.78, 5) is 11.0. The molecule has 0 heterocycles. The Labute approximate surface area is 111 Å². The number of carbonyl (C=O) groups is 1. The number of aliphatic carboxylic acids is 1. The van der Waals surface area contributed by atoms with Crippen LogP contribution < -0.4 is 5.32 Å². The van der Waals surface area contributed by atoms with Gasteiger partial charge in [0.15, 0.2) is 0 Å². The summed E-state index contributed by atoms with van der Waals surface area (Å²) in [7, 11) is 0. The van der Waals surface area contributed by atoms with Gasteiger partial charge >= 0.3 is 5.97 Å². The van der Waals surface area contributed by atoms with Crippen molar-refractivity contribution in [1.29, 1.82) is 0 Å². The highest BCUT2D eigenvalue weighted by molar-refractivity contribution is 5.70. The topological polar surface area (TPSA) is 58.6 Å². The number of nitrogens with one attached hydrogen (secondary N) is 1. The Balaban J connectivity index is 3.49. The summed E-state index contributed by atoms with van der Waals surface area (Å²) >= 11 is 0. The molecule has 4 nitrogen and oxygen atoms in total. The predicted molar refractivity (Wildman–Crippen MR) is 73.9 cm³/mol. The summed E-state index contributed by atoms with van der Waals surface area (Å²) in [6, 6.07) is 0. The van der Waals surface area contributed by atoms with E-state index in [1.807, 2.05) is 0 Å². The maximum atomic E-state index is 11.0. The van der Waals surface area contributed by atoms with Gasteiger partial charge in [-0.1, -0.05) is 26.7 Å². The maximum absolute atomic E-state index is 11.0. The third-order valence-corrected chi connectivity index (χ3v) is 2.90. The van der Waals surface area contributed by atoms with Crippen LogP contribution in [0.2, 0.25) is 0 Å². The molecule has 0 bridgehead atoms. The Morgan fingerprint density at radius 2 is 1.89 bits per heavy atom. The Bertz CT molecular complexity index is 197. The van der Waals surface area contributed by atoms with Crippen LogP contribution in [0.3, 0.4) is 0 Å². The van der Waals surface area contributed by atoms with E-state index >= 15 is 0 Å². The van der Waals surface area contributed by atoms with Crippen LogP contribution in [0.1, 0.15) is 52.4 Å². The maximum Gasteiger partial charge on any atom is 0.307 e. The molecule has 0 saturated heterocycles. The van der Waals surface area contributed by atoms with Crippen molar-refractivity contribution >= 4 is 5.97 Å². The van der Waals surface area contributed by atoms with Gasteiger partial charge in [0.05, 0.1) is 5.92 Å². The average molecular weight is 259 g/mol. The second-order valence-corrected chi connectivity index (χ2v) is 4.70. The van der Waals surface area contributed by atoms with Gasteiger partial charge < -0.3 is 15.2 Å². The van der Waals surface area contributed by atoms with Crippen LogP contribution in [0.15, 0.2) is 0 Å². The molecular weight excluding hydrogens is 230 g/mol. The molecule has 0 aliphatic heterocycles. The van der Waals surface area contributed by atoms with Gasteiger partial charge in [0, 0.05) is 19.8 Å². The normalized spacial score (nSPS) is 12.6. The highest BCUT2D eigenvalue weighted by Gasteiger charge is 2.15. The summed E-state index contributed by atoms with van der Waals surface area (Å²) in [6.07, 6.45) is 6.08. The fourth-order valence-electron chi connectivity index (χ4n) is 1.75. The van der Waals surface area contributed by atoms with E-state index in [0.717, 1.165) is 32.4 Å². The summed E-state index contributed by atoms with van der Waals surface area (Å²) < 4.78 is 5.48. The van der Waals surface area contributed by atoms with Crippen LogP contribution in [0, 0.1) is 5.92 Å². The molecule has 0 spiro atoms. The van der Waals surface area contributed by atoms with Crippen molar-refractivity contribution in [3.8, 4) is 0 Å². The summed E-state index contributed by atoms with van der Waals surface area (Å²) in [5.41, 5.74) is 0. The van der Waals surface area contributed by atoms with Crippen molar-refractivity contribution in [2.45, 2.75) is 52.4 Å². The molecule has 0 amide bonds. The highest BCUT2D eigenvalue weighted by Crippen LogP contribution is 2.06. The van der Waals surface area contributed by atoms with E-state index in [4.69, 9.17) is 9.84 Å². The van der Waals surface area contributed by atoms with Gasteiger partial charge in [-0.3, -0.25) is 4.79 Å². The van der Waals surface area contributed by atoms with Gasteiger partial charge in [-0.15, -0.1) is 0 Å². The van der Waals surface area contributed by atoms with Crippen LogP contribution in [-0.2, 0) is 9.53 Å². The molecule has 2 N–H and O–H groups in total. The fourth-order valence-corrected chi connectivity index (χ4v) is 1.75. The molecule has 18 heavy (non-hydrogen) atoms. The minimum absolute atomic E-state index is 0.282. The van der Waals surface area contributed by atoms with E-state index in [1.165, 1.54) is 12.8 Å². The van der Waals surface area contributed by atoms with Crippen LogP contribution in [0.5, 0.6) is 0 Å². The van der Waals surface area contributed by atoms with Gasteiger partial charge in [-0.2, -0.15) is 0 Å². The molecule has 0 saturated carbocycles. The van der Waals surface area contributed by atoms with Crippen LogP contribution in [-0.4, -0.2) is 37.4 Å². The predicted octanol–water partition coefficient (Wildman–Crippen LogP) is 2.67. The van der Waals surface area contributed by atoms with Gasteiger partial charge in [0.2, 0.25) is 0 Å². The molecule has 0 aromatic heterocycles. The lowest BCUT2D eigenvalue weighted by atomic mass is 10.0. The van der Waals surface area contributed by atoms with Crippen LogP contribution in [0.25, 0.3) is 0 Å². The molecular formula is C14H29NO3. The zero-order valence-corrected chi connectivity index (χ0v) is 11.9. The Morgan fingerprint density at radius 3 is 2.50 bits per heavy atom. The zero-order chi connectivity index (χ0) is 13.6. The molecule has 0 radical (unpaired) electrons. The monoisotopic (exact) mass is 259 g/mol. The number of hydrogen-bond acceptors (Lipinski definition) is 3. The number of carboxylic acids is 1. The van der Waals surface area contributed by atoms with Gasteiger partial charge in [0.1, 0.15) is 0 Å². The third-order valence-electron chi connectivity index (χ3n) is 2.90. The zero-order valence-electron chi connectivity index (χ0n) is 11.9. The summed E-state index contributed by atoms with van der Waals surface area (Å²) in [5, 5.41) is 12.2. The van der Waals surface area contributed by atoms with Crippen molar-refractivity contribution in [2.75, 3.05) is 26.3 Å². The number of rotatable bonds is 13. The van der Waals surface area contributed by atoms with E-state index in [-0.39, 0.29) is 5.92 Å². The standard InChI is InChI=1S/C14H29NO3/c1-3-5-6-10-18-11-7-8-13(14(16)17)12-15-9-4-2/h13,15H,3-12H2,1-2H3,(H,16,17). The van der Waals surface area contributed by atoms with Crippen LogP contribution in [0.4, 0.5) is 0 Å². The van der Waals surface area contributed by atoms with Gasteiger partial charge in [-0.25, -0.2) is 0 Å². The molecule has 1 unspecified atom stereocenters. The number of carboxylic acid groups (broad SMARTS) is 1. The van der Waals surface area contributed by atoms with E-state index in [9.17, 15) is 4.79 Å². The minimum atomic E-state index is -0.704. The largest absolute Gasteiger partial charge is 0.481 e. The first kappa shape index (κ1) is 17.4. The SMILES string of the molecule is CCCCCOCCCC(CNCCC)C(=O)O. The van der Waals surface area contributed by atoms with E-state index < -0.39 is 5.97 Å². The minimum Gasteiger partial charge on any atom is -0.481 e. The molecule has 0 aliphatic carbocycles. The number of hydrogen-bond donors (Lipinski definition) is 2. The van der Waals surface area contributed by atoms with Crippen LogP contribution >= 0.6 is 0 Å². The molecule has 4 heteroatoms. The third kappa shape index (κ3) is 10.5. The molecule has 1 atom stereocenters. The van der Waals surface area contributed by atoms with E-state index in [2.05, 4.69) is 19.2 Å². The van der Waals surface area contributed by atoms with Crippen molar-refractivity contribution in [2.24, 2.45) is 5.92 Å². The smallest absolute Gasteiger partial charge is 0.307 e. The molecule has 0 aromatic rings. The Hall–Kier alpha value is -0.610. The summed E-state index contributed by atoms with van der Waals surface area (Å²) in [5.74, 6) is -0.986. The fraction of sp³-hybridized carbons (Fsp3) is 0.929. The Kier molecular flexibility index (Phi) is 12.4. The highest BCUT2D eigenvalue weighted by atomic mass is 16.5. The molecule has 108 valence electrons. The second kappa shape index (κ2) is 12.8. The first-order chi connectivity index (χ1) is 8.72.